The van der Waals surface area contributed by atoms with Crippen LogP contribution < -0.4 is 16.4 Å². The number of nitrogens with two attached hydrogens (primary N) is 1. The number of carbonyl (C=O) groups is 2. The third kappa shape index (κ3) is 3.66. The van der Waals surface area contributed by atoms with Crippen LogP contribution in [0.3, 0.4) is 0 Å². The Hall–Kier alpha value is -1.77. The minimum absolute atomic E-state index is 0.173. The van der Waals surface area contributed by atoms with Gasteiger partial charge in [-0.3, -0.25) is 14.9 Å². The Kier molecular flexibility index (Phi) is 5.27. The number of rotatable bonds is 3. The molecule has 0 bridgehead atoms. The first kappa shape index (κ1) is 17.1. The van der Waals surface area contributed by atoms with Crippen LogP contribution in [0.1, 0.15) is 49.7 Å². The molecule has 2 heterocycles. The van der Waals surface area contributed by atoms with E-state index in [1.165, 1.54) is 27.6 Å². The van der Waals surface area contributed by atoms with E-state index in [9.17, 15) is 9.59 Å². The number of amides is 2. The van der Waals surface area contributed by atoms with Crippen molar-refractivity contribution in [2.45, 2.75) is 32.1 Å². The van der Waals surface area contributed by atoms with Gasteiger partial charge in [-0.25, -0.2) is 0 Å². The molecule has 0 unspecified atom stereocenters. The van der Waals surface area contributed by atoms with Crippen molar-refractivity contribution in [1.82, 2.24) is 5.32 Å². The number of primary amides is 1. The van der Waals surface area contributed by atoms with Gasteiger partial charge in [0, 0.05) is 4.88 Å². The topological polar surface area (TPSA) is 84.2 Å². The highest BCUT2D eigenvalue weighted by Crippen LogP contribution is 2.37. The zero-order valence-electron chi connectivity index (χ0n) is 12.9. The van der Waals surface area contributed by atoms with E-state index in [1.807, 2.05) is 5.38 Å². The minimum atomic E-state index is -0.454. The maximum Gasteiger partial charge on any atom is 0.267 e. The van der Waals surface area contributed by atoms with E-state index in [-0.39, 0.29) is 11.0 Å². The average molecular weight is 380 g/mol. The van der Waals surface area contributed by atoms with Crippen LogP contribution in [0, 0.1) is 0 Å². The molecule has 0 radical (unpaired) electrons. The zero-order chi connectivity index (χ0) is 17.1. The molecule has 24 heavy (non-hydrogen) atoms. The number of aryl methyl sites for hydroxylation is 1. The average Bonchev–Trinajstić information content (AvgIpc) is 3.11. The Balaban J connectivity index is 1.78. The number of nitrogens with one attached hydrogen (secondary N) is 2. The van der Waals surface area contributed by atoms with Gasteiger partial charge in [0.1, 0.15) is 5.00 Å². The van der Waals surface area contributed by atoms with Crippen molar-refractivity contribution in [3.63, 3.8) is 0 Å². The van der Waals surface area contributed by atoms with Crippen LogP contribution >= 0.6 is 34.9 Å². The highest BCUT2D eigenvalue weighted by Gasteiger charge is 2.24. The van der Waals surface area contributed by atoms with Crippen molar-refractivity contribution in [1.29, 1.82) is 0 Å². The Morgan fingerprint density at radius 1 is 1.21 bits per heavy atom. The van der Waals surface area contributed by atoms with Gasteiger partial charge in [-0.15, -0.1) is 22.7 Å². The molecule has 4 N–H and O–H groups in total. The van der Waals surface area contributed by atoms with Gasteiger partial charge in [0.05, 0.1) is 10.4 Å². The summed E-state index contributed by atoms with van der Waals surface area (Å²) in [5.74, 6) is -0.717. The van der Waals surface area contributed by atoms with Crippen LogP contribution in [-0.2, 0) is 12.8 Å². The van der Waals surface area contributed by atoms with Gasteiger partial charge in [0.15, 0.2) is 5.11 Å². The van der Waals surface area contributed by atoms with Gasteiger partial charge in [0.2, 0.25) is 0 Å². The van der Waals surface area contributed by atoms with E-state index >= 15 is 0 Å². The molecule has 2 aromatic heterocycles. The number of carbonyl (C=O) groups excluding carboxylic acids is 2. The second kappa shape index (κ2) is 7.42. The molecule has 1 aliphatic carbocycles. The van der Waals surface area contributed by atoms with Crippen LogP contribution in [0.4, 0.5) is 5.00 Å². The minimum Gasteiger partial charge on any atom is -0.365 e. The van der Waals surface area contributed by atoms with Crippen molar-refractivity contribution < 1.29 is 9.59 Å². The zero-order valence-corrected chi connectivity index (χ0v) is 15.3. The van der Waals surface area contributed by atoms with Crippen LogP contribution in [-0.4, -0.2) is 16.9 Å². The first-order valence-corrected chi connectivity index (χ1v) is 9.77. The second-order valence-electron chi connectivity index (χ2n) is 5.52. The fourth-order valence-electron chi connectivity index (χ4n) is 2.80. The Labute approximate surface area is 153 Å². The van der Waals surface area contributed by atoms with Crippen molar-refractivity contribution in [3.05, 3.63) is 38.4 Å². The van der Waals surface area contributed by atoms with Crippen molar-refractivity contribution in [2.24, 2.45) is 5.73 Å². The molecule has 1 aliphatic rings. The lowest BCUT2D eigenvalue weighted by molar-refractivity contribution is 0.0979. The molecule has 0 spiro atoms. The number of thiophene rings is 2. The summed E-state index contributed by atoms with van der Waals surface area (Å²) in [4.78, 5) is 25.7. The standard InChI is InChI=1S/C16H17N3O2S3/c17-13(20)12-9-5-2-1-3-6-10(9)24-15(12)19-16(22)18-14(21)11-7-4-8-23-11/h4,7-8H,1-3,5-6H2,(H2,17,20)(H2,18,19,21,22). The fourth-order valence-corrected chi connectivity index (χ4v) is 4.98. The summed E-state index contributed by atoms with van der Waals surface area (Å²) in [6.07, 6.45) is 5.15. The Morgan fingerprint density at radius 2 is 2.00 bits per heavy atom. The number of hydrogen-bond donors (Lipinski definition) is 3. The molecule has 0 aliphatic heterocycles. The van der Waals surface area contributed by atoms with Crippen molar-refractivity contribution >= 4 is 56.8 Å². The first-order valence-electron chi connectivity index (χ1n) is 7.66. The second-order valence-corrected chi connectivity index (χ2v) is 7.98. The first-order chi connectivity index (χ1) is 11.6. The fraction of sp³-hybridized carbons (Fsp3) is 0.312. The van der Waals surface area contributed by atoms with E-state index in [0.717, 1.165) is 37.7 Å². The van der Waals surface area contributed by atoms with Crippen LogP contribution in [0.5, 0.6) is 0 Å². The van der Waals surface area contributed by atoms with Gasteiger partial charge in [-0.2, -0.15) is 0 Å². The lowest BCUT2D eigenvalue weighted by Crippen LogP contribution is -2.34. The van der Waals surface area contributed by atoms with Crippen LogP contribution in [0.25, 0.3) is 0 Å². The van der Waals surface area contributed by atoms with E-state index in [0.29, 0.717) is 15.4 Å². The van der Waals surface area contributed by atoms with Gasteiger partial charge in [-0.05, 0) is 54.9 Å². The molecule has 3 rings (SSSR count). The van der Waals surface area contributed by atoms with Crippen LogP contribution in [0.15, 0.2) is 17.5 Å². The van der Waals surface area contributed by atoms with E-state index in [1.54, 1.807) is 12.1 Å². The molecule has 2 aromatic rings. The molecular formula is C16H17N3O2S3. The summed E-state index contributed by atoms with van der Waals surface area (Å²) in [5, 5.41) is 8.25. The van der Waals surface area contributed by atoms with E-state index in [2.05, 4.69) is 10.6 Å². The molecule has 0 atom stereocenters. The third-order valence-electron chi connectivity index (χ3n) is 3.87. The van der Waals surface area contributed by atoms with Crippen LogP contribution in [0.2, 0.25) is 0 Å². The molecular weight excluding hydrogens is 362 g/mol. The maximum absolute atomic E-state index is 12.0. The van der Waals surface area contributed by atoms with Crippen molar-refractivity contribution in [2.75, 3.05) is 5.32 Å². The molecule has 0 aromatic carbocycles. The molecule has 0 saturated carbocycles. The third-order valence-corrected chi connectivity index (χ3v) is 6.15. The lowest BCUT2D eigenvalue weighted by Gasteiger charge is -2.09. The molecule has 2 amide bonds. The number of anilines is 1. The smallest absolute Gasteiger partial charge is 0.267 e. The lowest BCUT2D eigenvalue weighted by atomic mass is 10.1. The number of fused-ring (bicyclic) bond motifs is 1. The predicted molar refractivity (Wildman–Crippen MR) is 102 cm³/mol. The van der Waals surface area contributed by atoms with Crippen molar-refractivity contribution in [3.8, 4) is 0 Å². The monoisotopic (exact) mass is 379 g/mol. The summed E-state index contributed by atoms with van der Waals surface area (Å²) in [7, 11) is 0. The van der Waals surface area contributed by atoms with E-state index < -0.39 is 5.91 Å². The number of thiocarbonyl (C=S) groups is 1. The highest BCUT2D eigenvalue weighted by atomic mass is 32.1. The largest absolute Gasteiger partial charge is 0.365 e. The van der Waals surface area contributed by atoms with Gasteiger partial charge >= 0.3 is 0 Å². The van der Waals surface area contributed by atoms with Gasteiger partial charge in [0.25, 0.3) is 11.8 Å². The highest BCUT2D eigenvalue weighted by molar-refractivity contribution is 7.80. The van der Waals surface area contributed by atoms with E-state index in [4.69, 9.17) is 18.0 Å². The maximum atomic E-state index is 12.0. The summed E-state index contributed by atoms with van der Waals surface area (Å²) >= 11 is 8.07. The number of hydrogen-bond acceptors (Lipinski definition) is 5. The molecule has 5 nitrogen and oxygen atoms in total. The Morgan fingerprint density at radius 3 is 2.71 bits per heavy atom. The molecule has 0 saturated heterocycles. The Bertz CT molecular complexity index is 781. The molecule has 0 fully saturated rings. The van der Waals surface area contributed by atoms with Gasteiger partial charge in [-0.1, -0.05) is 12.5 Å². The molecule has 126 valence electrons. The summed E-state index contributed by atoms with van der Waals surface area (Å²) < 4.78 is 0. The predicted octanol–water partition coefficient (Wildman–Crippen LogP) is 3.30. The quantitative estimate of drug-likeness (QED) is 0.564. The van der Waals surface area contributed by atoms with Gasteiger partial charge < -0.3 is 11.1 Å². The summed E-state index contributed by atoms with van der Waals surface area (Å²) in [6, 6.07) is 3.53. The summed E-state index contributed by atoms with van der Waals surface area (Å²) in [6.45, 7) is 0. The normalized spacial score (nSPS) is 13.7. The summed E-state index contributed by atoms with van der Waals surface area (Å²) in [5.41, 5.74) is 7.15. The SMILES string of the molecule is NC(=O)c1c(NC(=S)NC(=O)c2cccs2)sc2c1CCCCC2. The molecule has 8 heteroatoms.